The van der Waals surface area contributed by atoms with Gasteiger partial charge in [0.25, 0.3) is 0 Å². The molecule has 1 aliphatic heterocycles. The first-order valence-corrected chi connectivity index (χ1v) is 16.2. The summed E-state index contributed by atoms with van der Waals surface area (Å²) in [5, 5.41) is 3.68. The van der Waals surface area contributed by atoms with Gasteiger partial charge in [-0.15, -0.1) is 0 Å². The zero-order valence-electron chi connectivity index (χ0n) is 27.9. The SMILES string of the molecule is CC(C)(C)Cc1ccc(N2CC[C@H](CC(C)(C)CCC(C)(C)c3ccnc(O[C@H]4C[C@H](NC(C)(C)C)C4)c3)C2)cc1. The maximum atomic E-state index is 6.28. The second-order valence-corrected chi connectivity index (χ2v) is 16.9. The molecule has 2 heterocycles. The van der Waals surface area contributed by atoms with Crippen molar-refractivity contribution in [1.82, 2.24) is 10.3 Å². The van der Waals surface area contributed by atoms with Crippen LogP contribution in [0.1, 0.15) is 119 Å². The Balaban J connectivity index is 1.25. The second-order valence-electron chi connectivity index (χ2n) is 16.9. The molecule has 0 unspecified atom stereocenters. The van der Waals surface area contributed by atoms with E-state index < -0.39 is 0 Å². The average Bonchev–Trinajstić information content (AvgIpc) is 3.28. The molecule has 1 saturated heterocycles. The second kappa shape index (κ2) is 12.3. The Labute approximate surface area is 252 Å². The van der Waals surface area contributed by atoms with Crippen LogP contribution in [-0.2, 0) is 11.8 Å². The van der Waals surface area contributed by atoms with Crippen molar-refractivity contribution in [2.75, 3.05) is 18.0 Å². The molecule has 1 atom stereocenters. The highest BCUT2D eigenvalue weighted by Gasteiger charge is 2.34. The third-order valence-electron chi connectivity index (χ3n) is 9.13. The Bertz CT molecular complexity index is 1120. The number of ether oxygens (including phenoxy) is 1. The van der Waals surface area contributed by atoms with Crippen molar-refractivity contribution in [3.05, 3.63) is 53.7 Å². The molecule has 0 radical (unpaired) electrons. The first-order valence-electron chi connectivity index (χ1n) is 16.2. The topological polar surface area (TPSA) is 37.4 Å². The van der Waals surface area contributed by atoms with Crippen LogP contribution in [0, 0.1) is 16.7 Å². The Morgan fingerprint density at radius 1 is 0.902 bits per heavy atom. The van der Waals surface area contributed by atoms with Crippen molar-refractivity contribution in [3.63, 3.8) is 0 Å². The maximum absolute atomic E-state index is 6.28. The van der Waals surface area contributed by atoms with Gasteiger partial charge in [-0.05, 0) is 117 Å². The van der Waals surface area contributed by atoms with Gasteiger partial charge in [-0.2, -0.15) is 0 Å². The van der Waals surface area contributed by atoms with Gasteiger partial charge in [0, 0.05) is 42.6 Å². The van der Waals surface area contributed by atoms with Gasteiger partial charge in [0.1, 0.15) is 6.10 Å². The van der Waals surface area contributed by atoms with Crippen LogP contribution in [0.15, 0.2) is 42.6 Å². The summed E-state index contributed by atoms with van der Waals surface area (Å²) >= 11 is 0. The van der Waals surface area contributed by atoms with E-state index in [1.54, 1.807) is 0 Å². The van der Waals surface area contributed by atoms with Gasteiger partial charge in [0.2, 0.25) is 5.88 Å². The van der Waals surface area contributed by atoms with Crippen LogP contribution in [0.25, 0.3) is 0 Å². The van der Waals surface area contributed by atoms with Gasteiger partial charge >= 0.3 is 0 Å². The van der Waals surface area contributed by atoms with Crippen LogP contribution in [0.4, 0.5) is 5.69 Å². The molecule has 0 bridgehead atoms. The molecule has 228 valence electrons. The molecule has 2 aromatic rings. The van der Waals surface area contributed by atoms with Crippen LogP contribution in [-0.4, -0.2) is 35.8 Å². The number of nitrogens with zero attached hydrogens (tertiary/aromatic N) is 2. The van der Waals surface area contributed by atoms with Gasteiger partial charge in [-0.1, -0.05) is 60.6 Å². The zero-order chi connectivity index (χ0) is 30.1. The number of hydrogen-bond acceptors (Lipinski definition) is 4. The molecule has 1 saturated carbocycles. The summed E-state index contributed by atoms with van der Waals surface area (Å²) in [6, 6.07) is 14.3. The maximum Gasteiger partial charge on any atom is 0.213 e. The molecule has 0 spiro atoms. The van der Waals surface area contributed by atoms with E-state index >= 15 is 0 Å². The molecule has 2 aliphatic rings. The van der Waals surface area contributed by atoms with E-state index in [9.17, 15) is 0 Å². The van der Waals surface area contributed by atoms with Gasteiger partial charge in [-0.3, -0.25) is 0 Å². The molecule has 1 aromatic heterocycles. The highest BCUT2D eigenvalue weighted by Crippen LogP contribution is 2.40. The molecular formula is C37H59N3O. The van der Waals surface area contributed by atoms with Crippen molar-refractivity contribution in [3.8, 4) is 5.88 Å². The van der Waals surface area contributed by atoms with E-state index in [1.165, 1.54) is 49.2 Å². The number of nitrogens with one attached hydrogen (secondary N) is 1. The summed E-state index contributed by atoms with van der Waals surface area (Å²) in [5.41, 5.74) is 5.07. The molecule has 0 amide bonds. The van der Waals surface area contributed by atoms with Crippen molar-refractivity contribution < 1.29 is 4.74 Å². The van der Waals surface area contributed by atoms with E-state index in [-0.39, 0.29) is 17.1 Å². The molecule has 1 aromatic carbocycles. The molecule has 1 N–H and O–H groups in total. The highest BCUT2D eigenvalue weighted by atomic mass is 16.5. The lowest BCUT2D eigenvalue weighted by Gasteiger charge is -2.40. The van der Waals surface area contributed by atoms with E-state index in [4.69, 9.17) is 4.74 Å². The number of hydrogen-bond donors (Lipinski definition) is 1. The highest BCUT2D eigenvalue weighted by molar-refractivity contribution is 5.48. The van der Waals surface area contributed by atoms with E-state index in [1.807, 2.05) is 6.20 Å². The van der Waals surface area contributed by atoms with Crippen molar-refractivity contribution in [1.29, 1.82) is 0 Å². The molecule has 4 nitrogen and oxygen atoms in total. The fraction of sp³-hybridized carbons (Fsp3) is 0.703. The summed E-state index contributed by atoms with van der Waals surface area (Å²) in [7, 11) is 0. The lowest BCUT2D eigenvalue weighted by molar-refractivity contribution is 0.0692. The Morgan fingerprint density at radius 2 is 1.59 bits per heavy atom. The van der Waals surface area contributed by atoms with Crippen molar-refractivity contribution in [2.24, 2.45) is 16.7 Å². The summed E-state index contributed by atoms with van der Waals surface area (Å²) in [6.07, 6.45) is 10.4. The summed E-state index contributed by atoms with van der Waals surface area (Å²) in [4.78, 5) is 7.16. The van der Waals surface area contributed by atoms with E-state index in [0.717, 1.165) is 37.5 Å². The smallest absolute Gasteiger partial charge is 0.213 e. The Morgan fingerprint density at radius 3 is 2.22 bits per heavy atom. The normalized spacial score (nSPS) is 22.1. The largest absolute Gasteiger partial charge is 0.474 e. The van der Waals surface area contributed by atoms with E-state index in [0.29, 0.717) is 16.9 Å². The van der Waals surface area contributed by atoms with E-state index in [2.05, 4.69) is 121 Å². The Hall–Kier alpha value is -2.07. The zero-order valence-corrected chi connectivity index (χ0v) is 27.9. The Kier molecular flexibility index (Phi) is 9.53. The predicted molar refractivity (Wildman–Crippen MR) is 175 cm³/mol. The third kappa shape index (κ3) is 9.73. The molecular weight excluding hydrogens is 502 g/mol. The standard InChI is InChI=1S/C37H59N3O/c1-34(2,3)24-27-11-13-31(14-12-27)40-20-16-28(26-40)25-36(7,8)17-18-37(9,10)29-15-19-38-33(21-29)41-32-22-30(23-32)39-35(4,5)6/h11-15,19,21,28,30,32,39H,16-18,20,22-26H2,1-10H3/t28-,30-,32-/m1/s1. The minimum Gasteiger partial charge on any atom is -0.474 e. The van der Waals surface area contributed by atoms with Gasteiger partial charge < -0.3 is 15.0 Å². The quantitative estimate of drug-likeness (QED) is 0.297. The van der Waals surface area contributed by atoms with Crippen LogP contribution >= 0.6 is 0 Å². The lowest BCUT2D eigenvalue weighted by atomic mass is 9.72. The summed E-state index contributed by atoms with van der Waals surface area (Å²) in [6.45, 7) is 25.7. The summed E-state index contributed by atoms with van der Waals surface area (Å²) in [5.74, 6) is 1.55. The number of pyridine rings is 1. The lowest BCUT2D eigenvalue weighted by Crippen LogP contribution is -2.53. The monoisotopic (exact) mass is 561 g/mol. The molecule has 2 fully saturated rings. The summed E-state index contributed by atoms with van der Waals surface area (Å²) < 4.78 is 6.28. The fourth-order valence-corrected chi connectivity index (χ4v) is 6.81. The fourth-order valence-electron chi connectivity index (χ4n) is 6.81. The molecule has 4 heteroatoms. The number of anilines is 1. The predicted octanol–water partition coefficient (Wildman–Crippen LogP) is 8.97. The van der Waals surface area contributed by atoms with Crippen LogP contribution in [0.2, 0.25) is 0 Å². The molecule has 4 rings (SSSR count). The van der Waals surface area contributed by atoms with Crippen molar-refractivity contribution in [2.45, 2.75) is 137 Å². The minimum absolute atomic E-state index is 0.0881. The van der Waals surface area contributed by atoms with Crippen LogP contribution < -0.4 is 15.0 Å². The minimum atomic E-state index is 0.0881. The van der Waals surface area contributed by atoms with Crippen molar-refractivity contribution >= 4 is 5.69 Å². The number of aromatic nitrogens is 1. The molecule has 1 aliphatic carbocycles. The van der Waals surface area contributed by atoms with Crippen LogP contribution in [0.5, 0.6) is 5.88 Å². The average molecular weight is 562 g/mol. The van der Waals surface area contributed by atoms with Gasteiger partial charge in [0.05, 0.1) is 0 Å². The third-order valence-corrected chi connectivity index (χ3v) is 9.13. The first-order chi connectivity index (χ1) is 19.0. The van der Waals surface area contributed by atoms with Gasteiger partial charge in [-0.25, -0.2) is 4.98 Å². The van der Waals surface area contributed by atoms with Gasteiger partial charge in [0.15, 0.2) is 0 Å². The van der Waals surface area contributed by atoms with Crippen LogP contribution in [0.3, 0.4) is 0 Å². The first kappa shape index (κ1) is 31.9. The molecule has 41 heavy (non-hydrogen) atoms. The number of benzene rings is 1. The number of rotatable bonds is 11.